The van der Waals surface area contributed by atoms with Crippen molar-refractivity contribution in [3.63, 3.8) is 0 Å². The zero-order valence-electron chi connectivity index (χ0n) is 11.1. The average molecular weight is 315 g/mol. The van der Waals surface area contributed by atoms with Crippen LogP contribution in [0.2, 0.25) is 10.0 Å². The Balaban J connectivity index is 2.50. The molecule has 5 nitrogen and oxygen atoms in total. The van der Waals surface area contributed by atoms with E-state index >= 15 is 0 Å². The van der Waals surface area contributed by atoms with Crippen molar-refractivity contribution in [3.05, 3.63) is 33.4 Å². The zero-order valence-corrected chi connectivity index (χ0v) is 12.6. The minimum absolute atomic E-state index is 0.121. The van der Waals surface area contributed by atoms with E-state index in [1.54, 1.807) is 14.0 Å². The molecule has 0 radical (unpaired) electrons. The third-order valence-corrected chi connectivity index (χ3v) is 3.33. The lowest BCUT2D eigenvalue weighted by atomic mass is 10.2. The first-order valence-corrected chi connectivity index (χ1v) is 6.47. The number of benzene rings is 1. The fraction of sp³-hybridized carbons (Fsp3) is 0.231. The molecule has 0 spiro atoms. The number of carbonyl (C=O) groups excluding carboxylic acids is 1. The van der Waals surface area contributed by atoms with E-state index in [9.17, 15) is 9.90 Å². The van der Waals surface area contributed by atoms with Gasteiger partial charge in [-0.15, -0.1) is 0 Å². The first-order valence-electron chi connectivity index (χ1n) is 5.71. The van der Waals surface area contributed by atoms with Gasteiger partial charge < -0.3 is 9.84 Å². The molecule has 1 aromatic carbocycles. The molecule has 20 heavy (non-hydrogen) atoms. The van der Waals surface area contributed by atoms with E-state index in [2.05, 4.69) is 5.10 Å². The second-order valence-corrected chi connectivity index (χ2v) is 5.10. The number of carbonyl (C=O) groups is 1. The summed E-state index contributed by atoms with van der Waals surface area (Å²) < 4.78 is 7.06. The number of hydrogen-bond donors (Lipinski definition) is 1. The molecule has 0 unspecified atom stereocenters. The van der Waals surface area contributed by atoms with Crippen LogP contribution < -0.4 is 4.74 Å². The summed E-state index contributed by atoms with van der Waals surface area (Å²) in [7, 11) is 1.65. The highest BCUT2D eigenvalue weighted by Gasteiger charge is 2.20. The van der Waals surface area contributed by atoms with Gasteiger partial charge in [0.25, 0.3) is 0 Å². The number of rotatable bonds is 3. The summed E-state index contributed by atoms with van der Waals surface area (Å²) in [6, 6.07) is 2.65. The van der Waals surface area contributed by atoms with Crippen LogP contribution in [0.25, 0.3) is 0 Å². The highest BCUT2D eigenvalue weighted by Crippen LogP contribution is 2.38. The molecule has 0 saturated heterocycles. The Morgan fingerprint density at radius 3 is 2.60 bits per heavy atom. The molecule has 0 aliphatic carbocycles. The summed E-state index contributed by atoms with van der Waals surface area (Å²) in [5.74, 6) is 0.131. The summed E-state index contributed by atoms with van der Waals surface area (Å²) in [5, 5.41) is 14.1. The summed E-state index contributed by atoms with van der Waals surface area (Å²) in [6.45, 7) is 3.14. The molecule has 2 aromatic rings. The third kappa shape index (κ3) is 2.59. The topological polar surface area (TPSA) is 64.4 Å². The van der Waals surface area contributed by atoms with E-state index in [1.165, 1.54) is 23.7 Å². The van der Waals surface area contributed by atoms with E-state index in [0.29, 0.717) is 11.3 Å². The van der Waals surface area contributed by atoms with Crippen molar-refractivity contribution in [1.82, 2.24) is 9.78 Å². The van der Waals surface area contributed by atoms with Gasteiger partial charge in [0, 0.05) is 13.1 Å². The van der Waals surface area contributed by atoms with Crippen molar-refractivity contribution in [1.29, 1.82) is 0 Å². The Hall–Kier alpha value is -1.72. The van der Waals surface area contributed by atoms with Gasteiger partial charge >= 0.3 is 0 Å². The molecule has 106 valence electrons. The van der Waals surface area contributed by atoms with Crippen molar-refractivity contribution in [3.8, 4) is 17.4 Å². The van der Waals surface area contributed by atoms with Crippen LogP contribution in [0.1, 0.15) is 23.0 Å². The van der Waals surface area contributed by atoms with E-state index < -0.39 is 0 Å². The lowest BCUT2D eigenvalue weighted by Gasteiger charge is -2.10. The monoisotopic (exact) mass is 314 g/mol. The van der Waals surface area contributed by atoms with Crippen LogP contribution in [0.3, 0.4) is 0 Å². The van der Waals surface area contributed by atoms with Crippen molar-refractivity contribution >= 4 is 29.0 Å². The van der Waals surface area contributed by atoms with E-state index in [4.69, 9.17) is 27.9 Å². The minimum Gasteiger partial charge on any atom is -0.506 e. The van der Waals surface area contributed by atoms with Crippen LogP contribution in [-0.2, 0) is 7.05 Å². The van der Waals surface area contributed by atoms with Gasteiger partial charge in [0.05, 0.1) is 15.7 Å². The van der Waals surface area contributed by atoms with Gasteiger partial charge in [-0.1, -0.05) is 23.2 Å². The maximum absolute atomic E-state index is 11.7. The van der Waals surface area contributed by atoms with E-state index in [0.717, 1.165) is 0 Å². The molecule has 2 rings (SSSR count). The first kappa shape index (κ1) is 14.7. The lowest BCUT2D eigenvalue weighted by Crippen LogP contribution is -2.00. The molecule has 0 atom stereocenters. The van der Waals surface area contributed by atoms with Gasteiger partial charge in [0.1, 0.15) is 11.3 Å². The number of phenols is 1. The molecule has 0 aliphatic heterocycles. The molecular weight excluding hydrogens is 303 g/mol. The van der Waals surface area contributed by atoms with Crippen molar-refractivity contribution in [2.24, 2.45) is 7.05 Å². The number of Topliss-reactive ketones (excluding diaryl/α,β-unsaturated/α-hetero) is 1. The zero-order chi connectivity index (χ0) is 15.0. The molecule has 0 fully saturated rings. The van der Waals surface area contributed by atoms with Gasteiger partial charge in [-0.05, 0) is 19.9 Å². The Bertz CT molecular complexity index is 695. The molecule has 1 heterocycles. The Kier molecular flexibility index (Phi) is 3.92. The van der Waals surface area contributed by atoms with Crippen molar-refractivity contribution in [2.75, 3.05) is 0 Å². The third-order valence-electron chi connectivity index (χ3n) is 2.73. The van der Waals surface area contributed by atoms with Crippen LogP contribution in [0.15, 0.2) is 12.1 Å². The summed E-state index contributed by atoms with van der Waals surface area (Å²) in [4.78, 5) is 11.7. The molecule has 1 aromatic heterocycles. The van der Waals surface area contributed by atoms with Crippen molar-refractivity contribution in [2.45, 2.75) is 13.8 Å². The van der Waals surface area contributed by atoms with Crippen LogP contribution >= 0.6 is 23.2 Å². The smallest absolute Gasteiger partial charge is 0.228 e. The number of aromatic hydroxyl groups is 1. The highest BCUT2D eigenvalue weighted by molar-refractivity contribution is 6.36. The number of aryl methyl sites for hydroxylation is 2. The van der Waals surface area contributed by atoms with E-state index in [1.807, 2.05) is 0 Å². The molecule has 0 amide bonds. The molecule has 0 saturated carbocycles. The second-order valence-electron chi connectivity index (χ2n) is 4.28. The van der Waals surface area contributed by atoms with E-state index in [-0.39, 0.29) is 33.2 Å². The Morgan fingerprint density at radius 1 is 1.35 bits per heavy atom. The van der Waals surface area contributed by atoms with Gasteiger partial charge in [-0.2, -0.15) is 5.10 Å². The summed E-state index contributed by atoms with van der Waals surface area (Å²) in [5.41, 5.74) is 0.933. The number of aromatic nitrogens is 2. The fourth-order valence-corrected chi connectivity index (χ4v) is 2.28. The molecule has 0 bridgehead atoms. The predicted molar refractivity (Wildman–Crippen MR) is 76.2 cm³/mol. The molecule has 1 N–H and O–H groups in total. The minimum atomic E-state index is -0.167. The number of phenolic OH excluding ortho intramolecular Hbond substituents is 1. The average Bonchev–Trinajstić information content (AvgIpc) is 2.61. The van der Waals surface area contributed by atoms with Crippen LogP contribution in [0.4, 0.5) is 0 Å². The quantitative estimate of drug-likeness (QED) is 0.877. The maximum Gasteiger partial charge on any atom is 0.228 e. The molecule has 7 heteroatoms. The van der Waals surface area contributed by atoms with Gasteiger partial charge in [-0.25, -0.2) is 4.68 Å². The predicted octanol–water partition coefficient (Wildman–Crippen LogP) is 3.74. The van der Waals surface area contributed by atoms with Crippen LogP contribution in [-0.4, -0.2) is 20.7 Å². The normalized spacial score (nSPS) is 10.7. The number of ketones is 1. The Labute approximate surface area is 125 Å². The van der Waals surface area contributed by atoms with Crippen LogP contribution in [0, 0.1) is 6.92 Å². The number of ether oxygens (including phenoxy) is 1. The fourth-order valence-electron chi connectivity index (χ4n) is 1.86. The van der Waals surface area contributed by atoms with Gasteiger partial charge in [0.15, 0.2) is 11.5 Å². The Morgan fingerprint density at radius 2 is 2.00 bits per heavy atom. The maximum atomic E-state index is 11.7. The first-order chi connectivity index (χ1) is 9.31. The second kappa shape index (κ2) is 5.34. The largest absolute Gasteiger partial charge is 0.506 e. The standard InChI is InChI=1S/C13H12Cl2N2O3/c1-6-12(7(2)18)13(17(3)16-6)20-11-5-10(19)8(14)4-9(11)15/h4-5,19H,1-3H3. The van der Waals surface area contributed by atoms with Crippen molar-refractivity contribution < 1.29 is 14.6 Å². The number of nitrogens with zero attached hydrogens (tertiary/aromatic N) is 2. The number of hydrogen-bond acceptors (Lipinski definition) is 4. The van der Waals surface area contributed by atoms with Crippen LogP contribution in [0.5, 0.6) is 17.4 Å². The highest BCUT2D eigenvalue weighted by atomic mass is 35.5. The summed E-state index contributed by atoms with van der Waals surface area (Å²) in [6.07, 6.45) is 0. The summed E-state index contributed by atoms with van der Waals surface area (Å²) >= 11 is 11.8. The molecular formula is C13H12Cl2N2O3. The van der Waals surface area contributed by atoms with Gasteiger partial charge in [-0.3, -0.25) is 4.79 Å². The van der Waals surface area contributed by atoms with Gasteiger partial charge in [0.2, 0.25) is 5.88 Å². The SMILES string of the molecule is CC(=O)c1c(C)nn(C)c1Oc1cc(O)c(Cl)cc1Cl. The molecule has 0 aliphatic rings. The lowest BCUT2D eigenvalue weighted by molar-refractivity contribution is 0.101. The number of halogens is 2.